The molecule has 1 amide bonds. The number of halogens is 6. The molecule has 0 unspecified atom stereocenters. The van der Waals surface area contributed by atoms with Crippen LogP contribution in [0.4, 0.5) is 32.0 Å². The molecule has 35 heavy (non-hydrogen) atoms. The Balaban J connectivity index is 1.57. The standard InChI is InChI=1S/C23H20F6N4O2/c1-35-18-7-5-16(6-8-18)31-9-11-32(12-10-31)21(34)19-14-30-33(20(19)23(27,28)29)17-4-2-3-15(13-17)22(24,25)26/h2-8,13-14H,9-12H2,1H3. The predicted molar refractivity (Wildman–Crippen MR) is 115 cm³/mol. The molecule has 186 valence electrons. The normalized spacial score (nSPS) is 14.8. The second-order valence-electron chi connectivity index (χ2n) is 7.84. The zero-order valence-corrected chi connectivity index (χ0v) is 18.4. The van der Waals surface area contributed by atoms with Crippen LogP contribution in [-0.4, -0.2) is 53.9 Å². The van der Waals surface area contributed by atoms with E-state index in [2.05, 4.69) is 5.10 Å². The maximum Gasteiger partial charge on any atom is 0.434 e. The second-order valence-corrected chi connectivity index (χ2v) is 7.84. The van der Waals surface area contributed by atoms with Crippen LogP contribution in [0.15, 0.2) is 54.7 Å². The Kier molecular flexibility index (Phi) is 6.39. The van der Waals surface area contributed by atoms with Gasteiger partial charge in [-0.15, -0.1) is 0 Å². The van der Waals surface area contributed by atoms with E-state index < -0.39 is 40.8 Å². The molecule has 1 aliphatic heterocycles. The van der Waals surface area contributed by atoms with Gasteiger partial charge < -0.3 is 14.5 Å². The van der Waals surface area contributed by atoms with Crippen LogP contribution in [0.5, 0.6) is 5.75 Å². The first-order chi connectivity index (χ1) is 16.5. The molecule has 1 aromatic heterocycles. The Morgan fingerprint density at radius 2 is 1.54 bits per heavy atom. The molecule has 4 rings (SSSR count). The molecule has 1 saturated heterocycles. The highest BCUT2D eigenvalue weighted by Gasteiger charge is 2.42. The highest BCUT2D eigenvalue weighted by Crippen LogP contribution is 2.36. The fourth-order valence-corrected chi connectivity index (χ4v) is 3.92. The van der Waals surface area contributed by atoms with Gasteiger partial charge in [-0.25, -0.2) is 4.68 Å². The summed E-state index contributed by atoms with van der Waals surface area (Å²) >= 11 is 0. The first-order valence-corrected chi connectivity index (χ1v) is 10.5. The summed E-state index contributed by atoms with van der Waals surface area (Å²) in [4.78, 5) is 16.3. The number of nitrogens with zero attached hydrogens (tertiary/aromatic N) is 4. The number of piperazine rings is 1. The molecule has 0 atom stereocenters. The minimum atomic E-state index is -5.03. The van der Waals surface area contributed by atoms with Crippen molar-refractivity contribution in [2.45, 2.75) is 12.4 Å². The van der Waals surface area contributed by atoms with Crippen LogP contribution in [0.1, 0.15) is 21.6 Å². The summed E-state index contributed by atoms with van der Waals surface area (Å²) in [6, 6.07) is 10.6. The fourth-order valence-electron chi connectivity index (χ4n) is 3.92. The summed E-state index contributed by atoms with van der Waals surface area (Å²) < 4.78 is 86.5. The Hall–Kier alpha value is -3.70. The van der Waals surface area contributed by atoms with Gasteiger partial charge in [0.2, 0.25) is 0 Å². The minimum absolute atomic E-state index is 0.164. The Labute approximate surface area is 196 Å². The zero-order valence-electron chi connectivity index (χ0n) is 18.4. The molecule has 2 heterocycles. The van der Waals surface area contributed by atoms with E-state index in [-0.39, 0.29) is 13.1 Å². The number of amides is 1. The third-order valence-corrected chi connectivity index (χ3v) is 5.69. The summed E-state index contributed by atoms with van der Waals surface area (Å²) in [5.41, 5.74) is -2.82. The predicted octanol–water partition coefficient (Wildman–Crippen LogP) is 4.88. The van der Waals surface area contributed by atoms with Crippen molar-refractivity contribution >= 4 is 11.6 Å². The number of carbonyl (C=O) groups excluding carboxylic acids is 1. The van der Waals surface area contributed by atoms with Gasteiger partial charge in [-0.05, 0) is 42.5 Å². The van der Waals surface area contributed by atoms with E-state index in [1.165, 1.54) is 4.90 Å². The molecular formula is C23H20F6N4O2. The summed E-state index contributed by atoms with van der Waals surface area (Å²) in [5.74, 6) is -0.204. The number of aromatic nitrogens is 2. The summed E-state index contributed by atoms with van der Waals surface area (Å²) in [6.07, 6.45) is -9.02. The molecule has 1 fully saturated rings. The average Bonchev–Trinajstić information content (AvgIpc) is 3.29. The fraction of sp³-hybridized carbons (Fsp3) is 0.304. The van der Waals surface area contributed by atoms with Crippen molar-refractivity contribution in [2.75, 3.05) is 38.2 Å². The summed E-state index contributed by atoms with van der Waals surface area (Å²) in [6.45, 7) is 1.11. The van der Waals surface area contributed by atoms with Crippen LogP contribution in [-0.2, 0) is 12.4 Å². The molecule has 0 saturated carbocycles. The lowest BCUT2D eigenvalue weighted by Gasteiger charge is -2.36. The van der Waals surface area contributed by atoms with Crippen LogP contribution >= 0.6 is 0 Å². The molecule has 0 aliphatic carbocycles. The van der Waals surface area contributed by atoms with Crippen LogP contribution in [0.2, 0.25) is 0 Å². The van der Waals surface area contributed by atoms with E-state index in [4.69, 9.17) is 4.74 Å². The summed E-state index contributed by atoms with van der Waals surface area (Å²) in [7, 11) is 1.55. The van der Waals surface area contributed by atoms with Crippen molar-refractivity contribution in [3.05, 3.63) is 71.5 Å². The van der Waals surface area contributed by atoms with Gasteiger partial charge in [0.05, 0.1) is 30.1 Å². The Morgan fingerprint density at radius 3 is 2.11 bits per heavy atom. The molecule has 0 bridgehead atoms. The third kappa shape index (κ3) is 5.05. The summed E-state index contributed by atoms with van der Waals surface area (Å²) in [5, 5.41) is 3.63. The monoisotopic (exact) mass is 498 g/mol. The molecule has 0 N–H and O–H groups in total. The van der Waals surface area contributed by atoms with Crippen LogP contribution in [0.25, 0.3) is 5.69 Å². The average molecular weight is 498 g/mol. The molecule has 2 aromatic carbocycles. The second kappa shape index (κ2) is 9.16. The largest absolute Gasteiger partial charge is 0.497 e. The third-order valence-electron chi connectivity index (χ3n) is 5.69. The zero-order chi connectivity index (χ0) is 25.4. The molecule has 1 aliphatic rings. The van der Waals surface area contributed by atoms with E-state index in [1.54, 1.807) is 19.2 Å². The number of hydrogen-bond donors (Lipinski definition) is 0. The molecular weight excluding hydrogens is 478 g/mol. The Morgan fingerprint density at radius 1 is 0.886 bits per heavy atom. The van der Waals surface area contributed by atoms with Crippen molar-refractivity contribution in [3.8, 4) is 11.4 Å². The number of alkyl halides is 6. The smallest absolute Gasteiger partial charge is 0.434 e. The van der Waals surface area contributed by atoms with E-state index in [9.17, 15) is 31.1 Å². The van der Waals surface area contributed by atoms with Crippen LogP contribution < -0.4 is 9.64 Å². The number of benzene rings is 2. The number of ether oxygens (including phenoxy) is 1. The van der Waals surface area contributed by atoms with E-state index in [0.29, 0.717) is 29.6 Å². The van der Waals surface area contributed by atoms with Crippen LogP contribution in [0, 0.1) is 0 Å². The molecule has 3 aromatic rings. The minimum Gasteiger partial charge on any atom is -0.497 e. The van der Waals surface area contributed by atoms with Gasteiger partial charge in [0.25, 0.3) is 5.91 Å². The lowest BCUT2D eigenvalue weighted by Crippen LogP contribution is -2.49. The van der Waals surface area contributed by atoms with Crippen molar-refractivity contribution in [2.24, 2.45) is 0 Å². The van der Waals surface area contributed by atoms with Crippen LogP contribution in [0.3, 0.4) is 0 Å². The lowest BCUT2D eigenvalue weighted by molar-refractivity contribution is -0.143. The molecule has 0 radical (unpaired) electrons. The van der Waals surface area contributed by atoms with E-state index >= 15 is 0 Å². The van der Waals surface area contributed by atoms with E-state index in [0.717, 1.165) is 30.1 Å². The SMILES string of the molecule is COc1ccc(N2CCN(C(=O)c3cnn(-c4cccc(C(F)(F)F)c4)c3C(F)(F)F)CC2)cc1. The number of carbonyl (C=O) groups is 1. The van der Waals surface area contributed by atoms with Gasteiger partial charge in [-0.3, -0.25) is 4.79 Å². The Bertz CT molecular complexity index is 1200. The van der Waals surface area contributed by atoms with Gasteiger partial charge in [-0.2, -0.15) is 31.4 Å². The van der Waals surface area contributed by atoms with E-state index in [1.807, 2.05) is 17.0 Å². The quantitative estimate of drug-likeness (QED) is 0.482. The van der Waals surface area contributed by atoms with Crippen molar-refractivity contribution < 1.29 is 35.9 Å². The van der Waals surface area contributed by atoms with Crippen molar-refractivity contribution in [1.29, 1.82) is 0 Å². The lowest BCUT2D eigenvalue weighted by atomic mass is 10.1. The number of anilines is 1. The molecule has 12 heteroatoms. The molecule has 0 spiro atoms. The van der Waals surface area contributed by atoms with Gasteiger partial charge in [-0.1, -0.05) is 6.07 Å². The molecule has 6 nitrogen and oxygen atoms in total. The number of methoxy groups -OCH3 is 1. The van der Waals surface area contributed by atoms with Gasteiger partial charge in [0.15, 0.2) is 5.69 Å². The van der Waals surface area contributed by atoms with Gasteiger partial charge in [0, 0.05) is 31.9 Å². The highest BCUT2D eigenvalue weighted by atomic mass is 19.4. The first-order valence-electron chi connectivity index (χ1n) is 10.5. The van der Waals surface area contributed by atoms with Gasteiger partial charge in [0.1, 0.15) is 5.75 Å². The maximum absolute atomic E-state index is 14.0. The van der Waals surface area contributed by atoms with Gasteiger partial charge >= 0.3 is 12.4 Å². The highest BCUT2D eigenvalue weighted by molar-refractivity contribution is 5.95. The number of hydrogen-bond acceptors (Lipinski definition) is 4. The van der Waals surface area contributed by atoms with Crippen molar-refractivity contribution in [3.63, 3.8) is 0 Å². The topological polar surface area (TPSA) is 50.6 Å². The maximum atomic E-state index is 14.0. The first kappa shape index (κ1) is 24.4. The number of rotatable bonds is 4. The van der Waals surface area contributed by atoms with Crippen molar-refractivity contribution in [1.82, 2.24) is 14.7 Å².